The molecule has 3 aromatic rings. The highest BCUT2D eigenvalue weighted by molar-refractivity contribution is 6.42. The summed E-state index contributed by atoms with van der Waals surface area (Å²) >= 11 is 17.8. The molecule has 0 fully saturated rings. The van der Waals surface area contributed by atoms with E-state index in [4.69, 9.17) is 34.8 Å². The zero-order valence-corrected chi connectivity index (χ0v) is 18.0. The summed E-state index contributed by atoms with van der Waals surface area (Å²) in [4.78, 5) is 25.1. The summed E-state index contributed by atoms with van der Waals surface area (Å²) in [6.07, 6.45) is 0. The van der Waals surface area contributed by atoms with Crippen molar-refractivity contribution < 1.29 is 9.59 Å². The Kier molecular flexibility index (Phi) is 7.11. The lowest BCUT2D eigenvalue weighted by atomic mass is 10.1. The normalized spacial score (nSPS) is 11.1. The van der Waals surface area contributed by atoms with Crippen LogP contribution in [0.5, 0.6) is 0 Å². The number of hydrogen-bond donors (Lipinski definition) is 2. The average molecular weight is 461 g/mol. The number of halogens is 3. The van der Waals surface area contributed by atoms with Crippen LogP contribution >= 0.6 is 34.8 Å². The number of hydrogen-bond acceptors (Lipinski definition) is 3. The molecule has 152 valence electrons. The number of para-hydroxylation sites is 1. The van der Waals surface area contributed by atoms with E-state index in [0.717, 1.165) is 0 Å². The molecule has 0 atom stereocenters. The first-order valence-electron chi connectivity index (χ1n) is 8.81. The van der Waals surface area contributed by atoms with Crippen molar-refractivity contribution in [3.8, 4) is 0 Å². The largest absolute Gasteiger partial charge is 0.321 e. The lowest BCUT2D eigenvalue weighted by Gasteiger charge is -2.10. The number of anilines is 1. The second-order valence-electron chi connectivity index (χ2n) is 6.27. The summed E-state index contributed by atoms with van der Waals surface area (Å²) in [6.45, 7) is 1.73. The Hall–Kier alpha value is -2.86. The highest BCUT2D eigenvalue weighted by atomic mass is 35.5. The van der Waals surface area contributed by atoms with Crippen LogP contribution in [0, 0.1) is 0 Å². The van der Waals surface area contributed by atoms with Gasteiger partial charge in [-0.25, -0.2) is 5.43 Å². The zero-order chi connectivity index (χ0) is 21.7. The van der Waals surface area contributed by atoms with Gasteiger partial charge in [0.2, 0.25) is 0 Å². The van der Waals surface area contributed by atoms with Crippen molar-refractivity contribution in [2.24, 2.45) is 5.10 Å². The summed E-state index contributed by atoms with van der Waals surface area (Å²) in [5.74, 6) is -0.830. The number of benzene rings is 3. The second-order valence-corrected chi connectivity index (χ2v) is 7.52. The molecule has 0 saturated carbocycles. The summed E-state index contributed by atoms with van der Waals surface area (Å²) in [5, 5.41) is 8.21. The first-order valence-corrected chi connectivity index (χ1v) is 9.94. The van der Waals surface area contributed by atoms with Gasteiger partial charge in [0.05, 0.1) is 27.0 Å². The third-order valence-corrected chi connectivity index (χ3v) is 5.18. The number of rotatable bonds is 5. The standard InChI is InChI=1S/C22H16Cl3N3O2/c1-13(15-8-11-18(24)19(25)12-15)27-28-22(30)17-4-2-3-5-20(17)26-21(29)14-6-9-16(23)10-7-14/h2-12H,1H3,(H,26,29)(H,28,30)/b27-13+. The van der Waals surface area contributed by atoms with Crippen LogP contribution in [-0.4, -0.2) is 17.5 Å². The molecule has 0 aliphatic carbocycles. The zero-order valence-electron chi connectivity index (χ0n) is 15.7. The smallest absolute Gasteiger partial charge is 0.273 e. The molecule has 2 amide bonds. The Morgan fingerprint density at radius 2 is 1.47 bits per heavy atom. The second kappa shape index (κ2) is 9.76. The van der Waals surface area contributed by atoms with E-state index in [1.54, 1.807) is 73.7 Å². The van der Waals surface area contributed by atoms with Gasteiger partial charge in [0, 0.05) is 10.6 Å². The molecule has 5 nitrogen and oxygen atoms in total. The number of hydrazone groups is 1. The molecule has 0 aromatic heterocycles. The molecular formula is C22H16Cl3N3O2. The van der Waals surface area contributed by atoms with Crippen molar-refractivity contribution >= 4 is 58.0 Å². The van der Waals surface area contributed by atoms with Gasteiger partial charge in [0.1, 0.15) is 0 Å². The van der Waals surface area contributed by atoms with Gasteiger partial charge in [-0.05, 0) is 61.0 Å². The number of carbonyl (C=O) groups is 2. The molecule has 0 bridgehead atoms. The van der Waals surface area contributed by atoms with E-state index >= 15 is 0 Å². The quantitative estimate of drug-likeness (QED) is 0.359. The van der Waals surface area contributed by atoms with Crippen LogP contribution in [0.15, 0.2) is 71.8 Å². The van der Waals surface area contributed by atoms with E-state index in [2.05, 4.69) is 15.8 Å². The fourth-order valence-corrected chi connectivity index (χ4v) is 2.99. The maximum Gasteiger partial charge on any atom is 0.273 e. The molecule has 8 heteroatoms. The SMILES string of the molecule is C/C(=N\NC(=O)c1ccccc1NC(=O)c1ccc(Cl)cc1)c1ccc(Cl)c(Cl)c1. The lowest BCUT2D eigenvalue weighted by Crippen LogP contribution is -2.22. The van der Waals surface area contributed by atoms with Gasteiger partial charge in [-0.2, -0.15) is 5.10 Å². The van der Waals surface area contributed by atoms with Crippen LogP contribution in [0.3, 0.4) is 0 Å². The van der Waals surface area contributed by atoms with Gasteiger partial charge >= 0.3 is 0 Å². The highest BCUT2D eigenvalue weighted by Gasteiger charge is 2.14. The summed E-state index contributed by atoms with van der Waals surface area (Å²) < 4.78 is 0. The molecule has 3 aromatic carbocycles. The molecule has 0 aliphatic heterocycles. The molecule has 0 heterocycles. The van der Waals surface area contributed by atoms with Crippen molar-refractivity contribution in [2.45, 2.75) is 6.92 Å². The Morgan fingerprint density at radius 1 is 0.800 bits per heavy atom. The maximum absolute atomic E-state index is 12.7. The fraction of sp³-hybridized carbons (Fsp3) is 0.0455. The molecule has 0 spiro atoms. The monoisotopic (exact) mass is 459 g/mol. The number of nitrogens with zero attached hydrogens (tertiary/aromatic N) is 1. The van der Waals surface area contributed by atoms with E-state index in [1.165, 1.54) is 0 Å². The van der Waals surface area contributed by atoms with Crippen molar-refractivity contribution in [2.75, 3.05) is 5.32 Å². The van der Waals surface area contributed by atoms with Gasteiger partial charge < -0.3 is 5.32 Å². The molecule has 0 aliphatic rings. The lowest BCUT2D eigenvalue weighted by molar-refractivity contribution is 0.0955. The fourth-order valence-electron chi connectivity index (χ4n) is 2.57. The first kappa shape index (κ1) is 21.8. The first-order chi connectivity index (χ1) is 14.3. The molecule has 30 heavy (non-hydrogen) atoms. The van der Waals surface area contributed by atoms with E-state index in [9.17, 15) is 9.59 Å². The minimum Gasteiger partial charge on any atom is -0.321 e. The van der Waals surface area contributed by atoms with Gasteiger partial charge in [0.25, 0.3) is 11.8 Å². The van der Waals surface area contributed by atoms with Gasteiger partial charge in [-0.15, -0.1) is 0 Å². The minimum atomic E-state index is -0.471. The van der Waals surface area contributed by atoms with Crippen LogP contribution in [-0.2, 0) is 0 Å². The van der Waals surface area contributed by atoms with Crippen molar-refractivity contribution in [1.29, 1.82) is 0 Å². The summed E-state index contributed by atoms with van der Waals surface area (Å²) in [6, 6.07) is 18.2. The third-order valence-electron chi connectivity index (χ3n) is 4.19. The van der Waals surface area contributed by atoms with E-state index < -0.39 is 5.91 Å². The number of amides is 2. The van der Waals surface area contributed by atoms with Gasteiger partial charge in [-0.3, -0.25) is 9.59 Å². The van der Waals surface area contributed by atoms with Gasteiger partial charge in [-0.1, -0.05) is 53.0 Å². The predicted molar refractivity (Wildman–Crippen MR) is 122 cm³/mol. The predicted octanol–water partition coefficient (Wildman–Crippen LogP) is 6.05. The Morgan fingerprint density at radius 3 is 2.17 bits per heavy atom. The van der Waals surface area contributed by atoms with Crippen LogP contribution in [0.2, 0.25) is 15.1 Å². The average Bonchev–Trinajstić information content (AvgIpc) is 2.74. The molecule has 3 rings (SSSR count). The molecular weight excluding hydrogens is 445 g/mol. The van der Waals surface area contributed by atoms with E-state index in [-0.39, 0.29) is 11.5 Å². The molecule has 0 unspecified atom stereocenters. The summed E-state index contributed by atoms with van der Waals surface area (Å²) in [5.41, 5.74) is 4.81. The number of carbonyl (C=O) groups excluding carboxylic acids is 2. The molecule has 0 radical (unpaired) electrons. The van der Waals surface area contributed by atoms with Crippen LogP contribution in [0.4, 0.5) is 5.69 Å². The Bertz CT molecular complexity index is 1130. The molecule has 2 N–H and O–H groups in total. The van der Waals surface area contributed by atoms with Crippen LogP contribution in [0.25, 0.3) is 0 Å². The van der Waals surface area contributed by atoms with E-state index in [1.807, 2.05) is 0 Å². The molecule has 0 saturated heterocycles. The van der Waals surface area contributed by atoms with Crippen LogP contribution < -0.4 is 10.7 Å². The maximum atomic E-state index is 12.7. The highest BCUT2D eigenvalue weighted by Crippen LogP contribution is 2.23. The van der Waals surface area contributed by atoms with E-state index in [0.29, 0.717) is 37.6 Å². The van der Waals surface area contributed by atoms with Crippen molar-refractivity contribution in [3.05, 3.63) is 98.5 Å². The minimum absolute atomic E-state index is 0.269. The third kappa shape index (κ3) is 5.39. The van der Waals surface area contributed by atoms with Gasteiger partial charge in [0.15, 0.2) is 0 Å². The van der Waals surface area contributed by atoms with Crippen molar-refractivity contribution in [1.82, 2.24) is 5.43 Å². The summed E-state index contributed by atoms with van der Waals surface area (Å²) in [7, 11) is 0. The van der Waals surface area contributed by atoms with Crippen LogP contribution in [0.1, 0.15) is 33.2 Å². The number of nitrogens with one attached hydrogen (secondary N) is 2. The van der Waals surface area contributed by atoms with Crippen molar-refractivity contribution in [3.63, 3.8) is 0 Å². The topological polar surface area (TPSA) is 70.6 Å². The Labute approximate surface area is 188 Å². The Balaban J connectivity index is 1.75.